The molecular weight excluding hydrogens is 254 g/mol. The zero-order chi connectivity index (χ0) is 14.1. The Bertz CT molecular complexity index is 510. The fourth-order valence-electron chi connectivity index (χ4n) is 2.73. The molecule has 2 heterocycles. The Morgan fingerprint density at radius 2 is 2.15 bits per heavy atom. The number of benzene rings is 1. The normalized spacial score (nSPS) is 22.7. The average Bonchev–Trinajstić information content (AvgIpc) is 2.47. The van der Waals surface area contributed by atoms with Crippen molar-refractivity contribution in [2.45, 2.75) is 13.0 Å². The van der Waals surface area contributed by atoms with Crippen molar-refractivity contribution >= 4 is 11.6 Å². The molecular formula is C15H22N3O2+. The SMILES string of the molecule is Cc1ccc2c(c1)NCC(C(=O)N1CC[NH+](C)CC1)O2. The van der Waals surface area contributed by atoms with Crippen molar-refractivity contribution in [2.75, 3.05) is 45.1 Å². The van der Waals surface area contributed by atoms with E-state index in [-0.39, 0.29) is 5.91 Å². The summed E-state index contributed by atoms with van der Waals surface area (Å²) >= 11 is 0. The van der Waals surface area contributed by atoms with Gasteiger partial charge >= 0.3 is 0 Å². The van der Waals surface area contributed by atoms with E-state index in [4.69, 9.17) is 4.74 Å². The van der Waals surface area contributed by atoms with Gasteiger partial charge in [-0.05, 0) is 24.6 Å². The molecule has 0 bridgehead atoms. The molecule has 2 aliphatic rings. The largest absolute Gasteiger partial charge is 0.477 e. The van der Waals surface area contributed by atoms with E-state index in [1.54, 1.807) is 0 Å². The van der Waals surface area contributed by atoms with Crippen molar-refractivity contribution in [1.82, 2.24) is 4.90 Å². The summed E-state index contributed by atoms with van der Waals surface area (Å²) in [5, 5.41) is 3.30. The number of quaternary nitrogens is 1. The predicted molar refractivity (Wildman–Crippen MR) is 77.3 cm³/mol. The molecule has 3 rings (SSSR count). The predicted octanol–water partition coefficient (Wildman–Crippen LogP) is -0.475. The van der Waals surface area contributed by atoms with E-state index in [0.717, 1.165) is 37.6 Å². The molecule has 5 heteroatoms. The third-order valence-corrected chi connectivity index (χ3v) is 4.09. The highest BCUT2D eigenvalue weighted by Crippen LogP contribution is 2.30. The Labute approximate surface area is 119 Å². The zero-order valence-corrected chi connectivity index (χ0v) is 12.1. The molecule has 1 aromatic carbocycles. The fourth-order valence-corrected chi connectivity index (χ4v) is 2.73. The minimum Gasteiger partial charge on any atom is -0.477 e. The maximum absolute atomic E-state index is 12.5. The number of aryl methyl sites for hydroxylation is 1. The first-order valence-corrected chi connectivity index (χ1v) is 7.25. The first kappa shape index (κ1) is 13.2. The number of anilines is 1. The summed E-state index contributed by atoms with van der Waals surface area (Å²) in [6.45, 7) is 6.28. The summed E-state index contributed by atoms with van der Waals surface area (Å²) in [6, 6.07) is 5.99. The van der Waals surface area contributed by atoms with E-state index in [0.29, 0.717) is 6.54 Å². The lowest BCUT2D eigenvalue weighted by molar-refractivity contribution is -0.883. The van der Waals surface area contributed by atoms with E-state index >= 15 is 0 Å². The van der Waals surface area contributed by atoms with E-state index < -0.39 is 6.10 Å². The third-order valence-electron chi connectivity index (χ3n) is 4.09. The lowest BCUT2D eigenvalue weighted by atomic mass is 10.1. The maximum atomic E-state index is 12.5. The molecule has 0 aliphatic carbocycles. The van der Waals surface area contributed by atoms with Gasteiger partial charge in [0.15, 0.2) is 6.10 Å². The van der Waals surface area contributed by atoms with E-state index in [1.165, 1.54) is 10.5 Å². The number of fused-ring (bicyclic) bond motifs is 1. The first-order valence-electron chi connectivity index (χ1n) is 7.25. The Kier molecular flexibility index (Phi) is 3.53. The quantitative estimate of drug-likeness (QED) is 0.729. The second kappa shape index (κ2) is 5.32. The van der Waals surface area contributed by atoms with Crippen molar-refractivity contribution in [3.8, 4) is 5.75 Å². The Balaban J connectivity index is 1.67. The number of likely N-dealkylation sites (N-methyl/N-ethyl adjacent to an activating group) is 1. The van der Waals surface area contributed by atoms with Gasteiger partial charge in [-0.3, -0.25) is 4.79 Å². The molecule has 0 spiro atoms. The summed E-state index contributed by atoms with van der Waals surface area (Å²) < 4.78 is 5.87. The number of carbonyl (C=O) groups excluding carboxylic acids is 1. The van der Waals surface area contributed by atoms with Gasteiger partial charge in [-0.25, -0.2) is 0 Å². The van der Waals surface area contributed by atoms with Crippen LogP contribution in [0.1, 0.15) is 5.56 Å². The number of nitrogens with zero attached hydrogens (tertiary/aromatic N) is 1. The second-order valence-corrected chi connectivity index (χ2v) is 5.77. The molecule has 1 aromatic rings. The van der Waals surface area contributed by atoms with Crippen LogP contribution in [0.3, 0.4) is 0 Å². The Hall–Kier alpha value is -1.75. The van der Waals surface area contributed by atoms with Crippen molar-refractivity contribution < 1.29 is 14.4 Å². The molecule has 108 valence electrons. The van der Waals surface area contributed by atoms with Gasteiger partial charge in [-0.1, -0.05) is 6.07 Å². The highest BCUT2D eigenvalue weighted by atomic mass is 16.5. The minimum absolute atomic E-state index is 0.108. The number of ether oxygens (including phenoxy) is 1. The number of hydrogen-bond acceptors (Lipinski definition) is 3. The highest BCUT2D eigenvalue weighted by Gasteiger charge is 2.31. The molecule has 20 heavy (non-hydrogen) atoms. The monoisotopic (exact) mass is 276 g/mol. The molecule has 2 N–H and O–H groups in total. The number of amides is 1. The molecule has 0 radical (unpaired) electrons. The molecule has 5 nitrogen and oxygen atoms in total. The van der Waals surface area contributed by atoms with Gasteiger partial charge in [-0.15, -0.1) is 0 Å². The topological polar surface area (TPSA) is 46.0 Å². The van der Waals surface area contributed by atoms with Gasteiger partial charge in [0.05, 0.1) is 45.5 Å². The van der Waals surface area contributed by atoms with E-state index in [9.17, 15) is 4.79 Å². The van der Waals surface area contributed by atoms with Crippen LogP contribution in [0.25, 0.3) is 0 Å². The lowest BCUT2D eigenvalue weighted by Gasteiger charge is -2.34. The van der Waals surface area contributed by atoms with Crippen molar-refractivity contribution in [3.63, 3.8) is 0 Å². The van der Waals surface area contributed by atoms with Crippen LogP contribution in [-0.4, -0.2) is 56.7 Å². The number of piperazine rings is 1. The van der Waals surface area contributed by atoms with Gasteiger partial charge in [0.2, 0.25) is 0 Å². The summed E-state index contributed by atoms with van der Waals surface area (Å²) in [4.78, 5) is 15.9. The van der Waals surface area contributed by atoms with Crippen LogP contribution in [0.15, 0.2) is 18.2 Å². The molecule has 1 unspecified atom stereocenters. The Morgan fingerprint density at radius 3 is 2.90 bits per heavy atom. The summed E-state index contributed by atoms with van der Waals surface area (Å²) in [6.07, 6.45) is -0.399. The van der Waals surface area contributed by atoms with Crippen LogP contribution in [-0.2, 0) is 4.79 Å². The van der Waals surface area contributed by atoms with Gasteiger partial charge in [-0.2, -0.15) is 0 Å². The lowest BCUT2D eigenvalue weighted by Crippen LogP contribution is -3.12. The van der Waals surface area contributed by atoms with Gasteiger partial charge in [0.25, 0.3) is 5.91 Å². The molecule has 1 amide bonds. The number of hydrogen-bond donors (Lipinski definition) is 2. The van der Waals surface area contributed by atoms with Crippen LogP contribution < -0.4 is 15.0 Å². The van der Waals surface area contributed by atoms with Crippen molar-refractivity contribution in [2.24, 2.45) is 0 Å². The van der Waals surface area contributed by atoms with Gasteiger partial charge in [0, 0.05) is 0 Å². The summed E-state index contributed by atoms with van der Waals surface area (Å²) in [5.74, 6) is 0.885. The highest BCUT2D eigenvalue weighted by molar-refractivity contribution is 5.83. The van der Waals surface area contributed by atoms with Gasteiger partial charge < -0.3 is 19.9 Å². The van der Waals surface area contributed by atoms with E-state index in [2.05, 4.69) is 18.4 Å². The third kappa shape index (κ3) is 2.58. The van der Waals surface area contributed by atoms with Crippen LogP contribution in [0.2, 0.25) is 0 Å². The standard InChI is InChI=1S/C15H21N3O2/c1-11-3-4-13-12(9-11)16-10-14(20-13)15(19)18-7-5-17(2)6-8-18/h3-4,9,14,16H,5-8,10H2,1-2H3/p+1. The van der Waals surface area contributed by atoms with Crippen LogP contribution in [0, 0.1) is 6.92 Å². The van der Waals surface area contributed by atoms with Crippen LogP contribution in [0.4, 0.5) is 5.69 Å². The summed E-state index contributed by atoms with van der Waals surface area (Å²) in [7, 11) is 2.17. The molecule has 1 atom stereocenters. The van der Waals surface area contributed by atoms with Crippen LogP contribution >= 0.6 is 0 Å². The minimum atomic E-state index is -0.399. The average molecular weight is 276 g/mol. The summed E-state index contributed by atoms with van der Waals surface area (Å²) in [5.41, 5.74) is 2.17. The zero-order valence-electron chi connectivity index (χ0n) is 12.1. The maximum Gasteiger partial charge on any atom is 0.265 e. The fraction of sp³-hybridized carbons (Fsp3) is 0.533. The van der Waals surface area contributed by atoms with Crippen molar-refractivity contribution in [1.29, 1.82) is 0 Å². The van der Waals surface area contributed by atoms with Gasteiger partial charge in [0.1, 0.15) is 5.75 Å². The molecule has 1 saturated heterocycles. The number of rotatable bonds is 1. The smallest absolute Gasteiger partial charge is 0.265 e. The van der Waals surface area contributed by atoms with E-state index in [1.807, 2.05) is 24.0 Å². The number of carbonyl (C=O) groups is 1. The number of nitrogens with one attached hydrogen (secondary N) is 2. The molecule has 0 aromatic heterocycles. The molecule has 0 saturated carbocycles. The van der Waals surface area contributed by atoms with Crippen molar-refractivity contribution in [3.05, 3.63) is 23.8 Å². The van der Waals surface area contributed by atoms with Crippen LogP contribution in [0.5, 0.6) is 5.75 Å². The first-order chi connectivity index (χ1) is 9.63. The molecule has 2 aliphatic heterocycles. The Morgan fingerprint density at radius 1 is 1.40 bits per heavy atom. The molecule has 1 fully saturated rings. The second-order valence-electron chi connectivity index (χ2n) is 5.77.